The summed E-state index contributed by atoms with van der Waals surface area (Å²) in [6.07, 6.45) is 0. The van der Waals surface area contributed by atoms with Gasteiger partial charge in [-0.25, -0.2) is 0 Å². The third-order valence-corrected chi connectivity index (χ3v) is 21.8. The van der Waals surface area contributed by atoms with E-state index in [1.807, 2.05) is 0 Å². The van der Waals surface area contributed by atoms with Crippen LogP contribution in [0.3, 0.4) is 0 Å². The molecule has 460 valence electrons. The number of aromatic nitrogens is 2. The normalized spacial score (nSPS) is 14.3. The van der Waals surface area contributed by atoms with E-state index in [-0.39, 0.29) is 35.1 Å². The molecule has 1 spiro atoms. The summed E-state index contributed by atoms with van der Waals surface area (Å²) in [4.78, 5) is 0. The molecular formula is C89H76B2N2O2. The Morgan fingerprint density at radius 3 is 0.947 bits per heavy atom. The Hall–Kier alpha value is -10.0. The van der Waals surface area contributed by atoms with E-state index in [0.717, 1.165) is 78.5 Å². The van der Waals surface area contributed by atoms with Gasteiger partial charge in [0.15, 0.2) is 0 Å². The summed E-state index contributed by atoms with van der Waals surface area (Å²) in [6, 6.07) is 92.8. The molecule has 14 aromatic rings. The number of hydrogen-bond acceptors (Lipinski definition) is 2. The molecule has 0 saturated heterocycles. The van der Waals surface area contributed by atoms with Crippen LogP contribution in [-0.2, 0) is 27.1 Å². The fourth-order valence-electron chi connectivity index (χ4n) is 17.0. The summed E-state index contributed by atoms with van der Waals surface area (Å²) < 4.78 is 20.3. The topological polar surface area (TPSA) is 28.3 Å². The van der Waals surface area contributed by atoms with Crippen molar-refractivity contribution >= 4 is 89.8 Å². The highest BCUT2D eigenvalue weighted by Crippen LogP contribution is 2.66. The van der Waals surface area contributed by atoms with Crippen molar-refractivity contribution < 1.29 is 9.47 Å². The molecule has 6 heteroatoms. The summed E-state index contributed by atoms with van der Waals surface area (Å²) in [5, 5.41) is 5.06. The molecule has 0 unspecified atom stereocenters. The molecular weight excluding hydrogens is 1150 g/mol. The van der Waals surface area contributed by atoms with Crippen molar-refractivity contribution in [1.82, 2.24) is 9.13 Å². The molecule has 95 heavy (non-hydrogen) atoms. The molecule has 0 fully saturated rings. The molecule has 4 nitrogen and oxygen atoms in total. The zero-order chi connectivity index (χ0) is 65.0. The minimum atomic E-state index is -0.824. The van der Waals surface area contributed by atoms with Gasteiger partial charge in [0.2, 0.25) is 0 Å². The van der Waals surface area contributed by atoms with Crippen LogP contribution in [0.2, 0.25) is 0 Å². The molecule has 0 amide bonds. The van der Waals surface area contributed by atoms with Crippen LogP contribution in [0.5, 0.6) is 23.0 Å². The SMILES string of the molecule is CC(C)(C)c1ccc2c(c1)c1cc(C(C)(C)C)ccc1n2-c1ccc2c(c1)-c1c(ccc3c1Oc1ccccc1B3c1ccccc1)C21c2ccc(-n3c4ccc(C(C)(C)C)cc4c4cc(C(C)(C)C)ccc43)cc2-c2c1ccc1c2Oc2ccccc2B1c1ccccc1. The van der Waals surface area contributed by atoms with Crippen LogP contribution >= 0.6 is 0 Å². The molecule has 0 bridgehead atoms. The molecule has 0 saturated carbocycles. The highest BCUT2D eigenvalue weighted by atomic mass is 16.5. The summed E-state index contributed by atoms with van der Waals surface area (Å²) in [7, 11) is 0. The first-order valence-corrected chi connectivity index (χ1v) is 34.1. The van der Waals surface area contributed by atoms with Crippen LogP contribution < -0.4 is 42.3 Å². The number of nitrogens with zero attached hydrogens (tertiary/aromatic N) is 2. The molecule has 0 atom stereocenters. The van der Waals surface area contributed by atoms with Gasteiger partial charge < -0.3 is 18.6 Å². The maximum absolute atomic E-state index is 7.63. The Labute approximate surface area is 559 Å². The smallest absolute Gasteiger partial charge is 0.250 e. The van der Waals surface area contributed by atoms with E-state index < -0.39 is 5.41 Å². The molecule has 4 heterocycles. The van der Waals surface area contributed by atoms with Gasteiger partial charge in [-0.05, 0) is 184 Å². The van der Waals surface area contributed by atoms with E-state index in [4.69, 9.17) is 9.47 Å². The lowest BCUT2D eigenvalue weighted by Crippen LogP contribution is -2.55. The van der Waals surface area contributed by atoms with Crippen molar-refractivity contribution in [3.8, 4) is 56.6 Å². The third-order valence-electron chi connectivity index (χ3n) is 21.8. The summed E-state index contributed by atoms with van der Waals surface area (Å²) in [5.41, 5.74) is 27.8. The standard InChI is InChI=1S/C89H76B2N2O2/c1-85(2,3)53-31-43-75-61(47-53)62-48-54(86(4,5)6)32-44-76(62)92(75)59-35-37-67-65(51-59)81-69(39-41-73-83(81)94-79-29-21-19-27-71(79)90(73)57-23-15-13-16-24-57)89(67)68-38-36-60(93-77-45-33-55(87(7,8)9)49-63(77)64-50-56(88(10,11)12)34-46-78(64)93)52-66(68)82-70(89)40-42-74-84(82)95-80-30-22-20-28-72(80)91(74)58-25-17-14-18-26-58/h13-52H,1-12H3. The van der Waals surface area contributed by atoms with E-state index in [2.05, 4.69) is 335 Å². The van der Waals surface area contributed by atoms with Gasteiger partial charge in [0, 0.05) is 44.0 Å². The highest BCUT2D eigenvalue weighted by Gasteiger charge is 2.56. The fourth-order valence-corrected chi connectivity index (χ4v) is 17.0. The van der Waals surface area contributed by atoms with Crippen LogP contribution in [0.15, 0.2) is 243 Å². The van der Waals surface area contributed by atoms with Crippen LogP contribution in [0.4, 0.5) is 0 Å². The van der Waals surface area contributed by atoms with Gasteiger partial charge >= 0.3 is 0 Å². The minimum absolute atomic E-state index is 0.0360. The zero-order valence-electron chi connectivity index (χ0n) is 56.5. The first kappa shape index (κ1) is 57.6. The Kier molecular flexibility index (Phi) is 12.1. The maximum atomic E-state index is 7.63. The Morgan fingerprint density at radius 1 is 0.295 bits per heavy atom. The molecule has 4 aliphatic rings. The predicted molar refractivity (Wildman–Crippen MR) is 401 cm³/mol. The van der Waals surface area contributed by atoms with E-state index in [9.17, 15) is 0 Å². The lowest BCUT2D eigenvalue weighted by Gasteiger charge is -2.33. The number of ether oxygens (including phenoxy) is 2. The number of benzene rings is 12. The third kappa shape index (κ3) is 8.35. The highest BCUT2D eigenvalue weighted by molar-refractivity contribution is 6.97. The zero-order valence-corrected chi connectivity index (χ0v) is 56.5. The van der Waals surface area contributed by atoms with E-state index in [1.165, 1.54) is 99.0 Å². The Morgan fingerprint density at radius 2 is 0.611 bits per heavy atom. The quantitative estimate of drug-likeness (QED) is 0.164. The van der Waals surface area contributed by atoms with Crippen LogP contribution in [-0.4, -0.2) is 22.6 Å². The molecule has 2 aromatic heterocycles. The number of rotatable bonds is 4. The Balaban J connectivity index is 0.961. The second-order valence-electron chi connectivity index (χ2n) is 31.6. The average molecular weight is 1230 g/mol. The van der Waals surface area contributed by atoms with E-state index in [1.54, 1.807) is 0 Å². The summed E-state index contributed by atoms with van der Waals surface area (Å²) in [6.45, 7) is 27.7. The largest absolute Gasteiger partial charge is 0.458 e. The van der Waals surface area contributed by atoms with Gasteiger partial charge in [0.05, 0.1) is 27.5 Å². The van der Waals surface area contributed by atoms with Crippen molar-refractivity contribution in [2.75, 3.05) is 0 Å². The van der Waals surface area contributed by atoms with Crippen molar-refractivity contribution in [2.45, 2.75) is 110 Å². The van der Waals surface area contributed by atoms with Crippen molar-refractivity contribution in [3.05, 3.63) is 287 Å². The van der Waals surface area contributed by atoms with Gasteiger partial charge in [-0.2, -0.15) is 0 Å². The van der Waals surface area contributed by atoms with Crippen LogP contribution in [0, 0.1) is 0 Å². The van der Waals surface area contributed by atoms with Gasteiger partial charge in [-0.1, -0.05) is 252 Å². The summed E-state index contributed by atoms with van der Waals surface area (Å²) in [5.74, 6) is 3.58. The van der Waals surface area contributed by atoms with Gasteiger partial charge in [-0.3, -0.25) is 0 Å². The maximum Gasteiger partial charge on any atom is 0.250 e. The van der Waals surface area contributed by atoms with Crippen molar-refractivity contribution in [3.63, 3.8) is 0 Å². The van der Waals surface area contributed by atoms with E-state index in [0.29, 0.717) is 0 Å². The predicted octanol–water partition coefficient (Wildman–Crippen LogP) is 18.7. The van der Waals surface area contributed by atoms with Gasteiger partial charge in [0.25, 0.3) is 13.4 Å². The van der Waals surface area contributed by atoms with E-state index >= 15 is 0 Å². The second kappa shape index (κ2) is 20.0. The van der Waals surface area contributed by atoms with Crippen molar-refractivity contribution in [2.24, 2.45) is 0 Å². The van der Waals surface area contributed by atoms with Crippen LogP contribution in [0.1, 0.15) is 128 Å². The molecule has 18 rings (SSSR count). The van der Waals surface area contributed by atoms with Crippen molar-refractivity contribution in [1.29, 1.82) is 0 Å². The minimum Gasteiger partial charge on any atom is -0.458 e. The lowest BCUT2D eigenvalue weighted by atomic mass is 9.35. The molecule has 2 aliphatic heterocycles. The number of para-hydroxylation sites is 2. The van der Waals surface area contributed by atoms with Crippen LogP contribution in [0.25, 0.3) is 77.2 Å². The molecule has 2 aliphatic carbocycles. The number of fused-ring (bicyclic) bond motifs is 22. The van der Waals surface area contributed by atoms with Gasteiger partial charge in [0.1, 0.15) is 23.0 Å². The van der Waals surface area contributed by atoms with Gasteiger partial charge in [-0.15, -0.1) is 0 Å². The average Bonchev–Trinajstić information content (AvgIpc) is 1.49. The molecule has 0 N–H and O–H groups in total. The fraction of sp³-hybridized carbons (Fsp3) is 0.191. The first-order chi connectivity index (χ1) is 45.6. The lowest BCUT2D eigenvalue weighted by molar-refractivity contribution is 0.488. The molecule has 0 radical (unpaired) electrons. The first-order valence-electron chi connectivity index (χ1n) is 34.1. The second-order valence-corrected chi connectivity index (χ2v) is 31.6. The monoisotopic (exact) mass is 1230 g/mol. The summed E-state index contributed by atoms with van der Waals surface area (Å²) >= 11 is 0. The molecule has 12 aromatic carbocycles. The Bertz CT molecular complexity index is 5110. The number of hydrogen-bond donors (Lipinski definition) is 0.